The van der Waals surface area contributed by atoms with Crippen molar-refractivity contribution in [1.82, 2.24) is 4.90 Å². The van der Waals surface area contributed by atoms with Crippen LogP contribution in [0.25, 0.3) is 0 Å². The molecule has 1 fully saturated rings. The maximum atomic E-state index is 6.18. The average Bonchev–Trinajstić information content (AvgIpc) is 2.26. The third-order valence-corrected chi connectivity index (χ3v) is 3.70. The number of rotatable bonds is 4. The van der Waals surface area contributed by atoms with Gasteiger partial charge in [0.1, 0.15) is 0 Å². The Kier molecular flexibility index (Phi) is 5.26. The highest BCUT2D eigenvalue weighted by molar-refractivity contribution is 4.78. The highest BCUT2D eigenvalue weighted by Crippen LogP contribution is 2.29. The summed E-state index contributed by atoms with van der Waals surface area (Å²) < 4.78 is 0. The molecule has 0 amide bonds. The summed E-state index contributed by atoms with van der Waals surface area (Å²) in [5.74, 6) is 0.721. The molecule has 1 rings (SSSR count). The molecule has 0 aromatic rings. The van der Waals surface area contributed by atoms with Crippen LogP contribution in [0.15, 0.2) is 0 Å². The van der Waals surface area contributed by atoms with E-state index in [0.717, 1.165) is 18.9 Å². The maximum Gasteiger partial charge on any atom is 0.0170 e. The van der Waals surface area contributed by atoms with Gasteiger partial charge in [0.15, 0.2) is 0 Å². The van der Waals surface area contributed by atoms with E-state index >= 15 is 0 Å². The molecule has 0 aromatic heterocycles. The Labute approximate surface area is 102 Å². The van der Waals surface area contributed by atoms with Gasteiger partial charge in [-0.05, 0) is 50.1 Å². The van der Waals surface area contributed by atoms with E-state index < -0.39 is 0 Å². The quantitative estimate of drug-likeness (QED) is 0.798. The molecule has 2 heteroatoms. The molecule has 1 atom stereocenters. The molecule has 96 valence electrons. The van der Waals surface area contributed by atoms with Crippen LogP contribution in [0.3, 0.4) is 0 Å². The van der Waals surface area contributed by atoms with E-state index in [2.05, 4.69) is 32.6 Å². The molecule has 0 radical (unpaired) electrons. The topological polar surface area (TPSA) is 29.3 Å². The van der Waals surface area contributed by atoms with Gasteiger partial charge in [-0.25, -0.2) is 0 Å². The van der Waals surface area contributed by atoms with Crippen molar-refractivity contribution in [2.24, 2.45) is 17.1 Å². The second kappa shape index (κ2) is 6.02. The molecule has 0 aliphatic carbocycles. The predicted octanol–water partition coefficient (Wildman–Crippen LogP) is 2.87. The number of nitrogens with two attached hydrogens (primary N) is 1. The van der Waals surface area contributed by atoms with Gasteiger partial charge >= 0.3 is 0 Å². The fourth-order valence-electron chi connectivity index (χ4n) is 2.67. The summed E-state index contributed by atoms with van der Waals surface area (Å²) in [6.07, 6.45) is 5.17. The van der Waals surface area contributed by atoms with Crippen molar-refractivity contribution in [3.63, 3.8) is 0 Å². The lowest BCUT2D eigenvalue weighted by atomic mass is 9.85. The van der Waals surface area contributed by atoms with Crippen LogP contribution in [-0.4, -0.2) is 30.6 Å². The molecule has 0 aromatic carbocycles. The van der Waals surface area contributed by atoms with Crippen molar-refractivity contribution in [1.29, 1.82) is 0 Å². The van der Waals surface area contributed by atoms with Gasteiger partial charge in [-0.1, -0.05) is 27.7 Å². The van der Waals surface area contributed by atoms with E-state index in [4.69, 9.17) is 5.73 Å². The monoisotopic (exact) mass is 226 g/mol. The molecule has 16 heavy (non-hydrogen) atoms. The highest BCUT2D eigenvalue weighted by Gasteiger charge is 2.23. The Bertz CT molecular complexity index is 199. The lowest BCUT2D eigenvalue weighted by molar-refractivity contribution is 0.240. The molecule has 1 aliphatic rings. The molecule has 0 bridgehead atoms. The molecule has 1 heterocycles. The molecular weight excluding hydrogens is 196 g/mol. The Balaban J connectivity index is 2.32. The van der Waals surface area contributed by atoms with Gasteiger partial charge in [-0.15, -0.1) is 0 Å². The zero-order valence-electron chi connectivity index (χ0n) is 11.6. The zero-order chi connectivity index (χ0) is 12.2. The van der Waals surface area contributed by atoms with Crippen molar-refractivity contribution < 1.29 is 0 Å². The number of hydrogen-bond donors (Lipinski definition) is 1. The fourth-order valence-corrected chi connectivity index (χ4v) is 2.67. The van der Waals surface area contributed by atoms with Crippen LogP contribution in [0.5, 0.6) is 0 Å². The molecule has 1 unspecified atom stereocenters. The molecule has 2 nitrogen and oxygen atoms in total. The van der Waals surface area contributed by atoms with E-state index in [1.165, 1.54) is 32.4 Å². The molecule has 0 saturated carbocycles. The van der Waals surface area contributed by atoms with Gasteiger partial charge in [0, 0.05) is 12.6 Å². The molecular formula is C14H30N2. The van der Waals surface area contributed by atoms with Crippen LogP contribution < -0.4 is 5.73 Å². The Hall–Kier alpha value is -0.0800. The van der Waals surface area contributed by atoms with Crippen molar-refractivity contribution in [3.8, 4) is 0 Å². The van der Waals surface area contributed by atoms with E-state index in [9.17, 15) is 0 Å². The minimum Gasteiger partial charge on any atom is -0.327 e. The van der Waals surface area contributed by atoms with Crippen molar-refractivity contribution in [3.05, 3.63) is 0 Å². The van der Waals surface area contributed by atoms with Crippen LogP contribution in [0.1, 0.15) is 53.4 Å². The van der Waals surface area contributed by atoms with E-state index in [0.29, 0.717) is 11.5 Å². The first kappa shape index (κ1) is 14.0. The number of hydrogen-bond acceptors (Lipinski definition) is 2. The third-order valence-electron chi connectivity index (χ3n) is 3.70. The Morgan fingerprint density at radius 1 is 1.19 bits per heavy atom. The first-order valence-electron chi connectivity index (χ1n) is 6.87. The molecule has 0 spiro atoms. The standard InChI is InChI=1S/C14H30N2/c1-12(2)10-13(15)11-16-8-5-6-14(3,4)7-9-16/h12-13H,5-11,15H2,1-4H3. The summed E-state index contributed by atoms with van der Waals surface area (Å²) in [6, 6.07) is 0.362. The summed E-state index contributed by atoms with van der Waals surface area (Å²) in [7, 11) is 0. The van der Waals surface area contributed by atoms with Gasteiger partial charge in [0.2, 0.25) is 0 Å². The lowest BCUT2D eigenvalue weighted by Crippen LogP contribution is -2.39. The Morgan fingerprint density at radius 3 is 2.50 bits per heavy atom. The largest absolute Gasteiger partial charge is 0.327 e. The lowest BCUT2D eigenvalue weighted by Gasteiger charge is -2.26. The van der Waals surface area contributed by atoms with Crippen molar-refractivity contribution >= 4 is 0 Å². The fraction of sp³-hybridized carbons (Fsp3) is 1.00. The summed E-state index contributed by atoms with van der Waals surface area (Å²) in [5, 5.41) is 0. The predicted molar refractivity (Wildman–Crippen MR) is 71.5 cm³/mol. The van der Waals surface area contributed by atoms with Crippen molar-refractivity contribution in [2.75, 3.05) is 19.6 Å². The molecule has 1 saturated heterocycles. The SMILES string of the molecule is CC(C)CC(N)CN1CCCC(C)(C)CC1. The minimum atomic E-state index is 0.362. The zero-order valence-corrected chi connectivity index (χ0v) is 11.6. The van der Waals surface area contributed by atoms with Crippen LogP contribution in [0.2, 0.25) is 0 Å². The Morgan fingerprint density at radius 2 is 1.88 bits per heavy atom. The van der Waals surface area contributed by atoms with Crippen LogP contribution >= 0.6 is 0 Å². The van der Waals surface area contributed by atoms with E-state index in [-0.39, 0.29) is 0 Å². The summed E-state index contributed by atoms with van der Waals surface area (Å²) in [4.78, 5) is 2.57. The van der Waals surface area contributed by atoms with Gasteiger partial charge in [0.25, 0.3) is 0 Å². The van der Waals surface area contributed by atoms with Crippen molar-refractivity contribution in [2.45, 2.75) is 59.4 Å². The first-order chi connectivity index (χ1) is 7.39. The number of likely N-dealkylation sites (tertiary alicyclic amines) is 1. The summed E-state index contributed by atoms with van der Waals surface area (Å²) >= 11 is 0. The normalized spacial score (nSPS) is 24.4. The smallest absolute Gasteiger partial charge is 0.0170 e. The van der Waals surface area contributed by atoms with Crippen LogP contribution in [0.4, 0.5) is 0 Å². The summed E-state index contributed by atoms with van der Waals surface area (Å²) in [5.41, 5.74) is 6.72. The second-order valence-corrected chi connectivity index (χ2v) is 6.71. The summed E-state index contributed by atoms with van der Waals surface area (Å²) in [6.45, 7) is 12.9. The third kappa shape index (κ3) is 5.31. The highest BCUT2D eigenvalue weighted by atomic mass is 15.1. The number of nitrogens with zero attached hydrogens (tertiary/aromatic N) is 1. The van der Waals surface area contributed by atoms with Gasteiger partial charge in [-0.2, -0.15) is 0 Å². The first-order valence-corrected chi connectivity index (χ1v) is 6.87. The van der Waals surface area contributed by atoms with Crippen LogP contribution in [-0.2, 0) is 0 Å². The second-order valence-electron chi connectivity index (χ2n) is 6.71. The van der Waals surface area contributed by atoms with Gasteiger partial charge < -0.3 is 10.6 Å². The average molecular weight is 226 g/mol. The molecule has 1 aliphatic heterocycles. The van der Waals surface area contributed by atoms with Gasteiger partial charge in [-0.3, -0.25) is 0 Å². The van der Waals surface area contributed by atoms with E-state index in [1.54, 1.807) is 0 Å². The van der Waals surface area contributed by atoms with Gasteiger partial charge in [0.05, 0.1) is 0 Å². The minimum absolute atomic E-state index is 0.362. The maximum absolute atomic E-state index is 6.18. The molecule has 2 N–H and O–H groups in total. The van der Waals surface area contributed by atoms with Crippen LogP contribution in [0, 0.1) is 11.3 Å². The van der Waals surface area contributed by atoms with E-state index in [1.807, 2.05) is 0 Å².